The molecule has 0 radical (unpaired) electrons. The maximum atomic E-state index is 12.1. The molecule has 2 aromatic rings. The molecule has 1 unspecified atom stereocenters. The molecule has 0 saturated carbocycles. The minimum absolute atomic E-state index is 0.0970. The highest BCUT2D eigenvalue weighted by molar-refractivity contribution is 7.09. The van der Waals surface area contributed by atoms with E-state index in [1.807, 2.05) is 23.6 Å². The third kappa shape index (κ3) is 6.04. The quantitative estimate of drug-likeness (QED) is 0.804. The molecule has 0 aliphatic rings. The summed E-state index contributed by atoms with van der Waals surface area (Å²) >= 11 is 7.66. The van der Waals surface area contributed by atoms with Gasteiger partial charge in [-0.15, -0.1) is 11.3 Å². The molecule has 122 valence electrons. The second-order valence-electron chi connectivity index (χ2n) is 5.19. The maximum absolute atomic E-state index is 12.1. The van der Waals surface area contributed by atoms with Gasteiger partial charge in [-0.05, 0) is 35.6 Å². The lowest BCUT2D eigenvalue weighted by Crippen LogP contribution is -2.33. The lowest BCUT2D eigenvalue weighted by molar-refractivity contribution is -0.122. The topological polar surface area (TPSA) is 58.2 Å². The first kappa shape index (κ1) is 17.5. The summed E-state index contributed by atoms with van der Waals surface area (Å²) < 4.78 is 0. The number of thiophene rings is 1. The van der Waals surface area contributed by atoms with E-state index in [9.17, 15) is 9.59 Å². The molecule has 1 atom stereocenters. The van der Waals surface area contributed by atoms with E-state index < -0.39 is 0 Å². The van der Waals surface area contributed by atoms with Gasteiger partial charge in [0.05, 0.1) is 12.5 Å². The van der Waals surface area contributed by atoms with Gasteiger partial charge in [-0.25, -0.2) is 0 Å². The number of benzene rings is 1. The average Bonchev–Trinajstić information content (AvgIpc) is 2.99. The van der Waals surface area contributed by atoms with Gasteiger partial charge in [0.25, 0.3) is 0 Å². The molecular weight excluding hydrogens is 332 g/mol. The van der Waals surface area contributed by atoms with Crippen molar-refractivity contribution in [2.75, 3.05) is 6.54 Å². The maximum Gasteiger partial charge on any atom is 0.222 e. The highest BCUT2D eigenvalue weighted by atomic mass is 35.5. The third-order valence-electron chi connectivity index (χ3n) is 3.29. The Kier molecular flexibility index (Phi) is 6.62. The molecule has 0 aliphatic heterocycles. The molecule has 0 aliphatic carbocycles. The summed E-state index contributed by atoms with van der Waals surface area (Å²) in [7, 11) is 0. The summed E-state index contributed by atoms with van der Waals surface area (Å²) in [6.45, 7) is 2.02. The third-order valence-corrected chi connectivity index (χ3v) is 4.46. The smallest absolute Gasteiger partial charge is 0.222 e. The predicted octanol–water partition coefficient (Wildman–Crippen LogP) is 3.33. The SMILES string of the molecule is CC(=O)NC(CC(=O)NCCc1cccs1)c1cccc(Cl)c1. The number of amides is 2. The molecular formula is C17H19ClN2O2S. The van der Waals surface area contributed by atoms with E-state index in [-0.39, 0.29) is 24.3 Å². The Hall–Kier alpha value is -1.85. The lowest BCUT2D eigenvalue weighted by atomic mass is 10.0. The Morgan fingerprint density at radius 1 is 1.26 bits per heavy atom. The first-order valence-electron chi connectivity index (χ1n) is 7.36. The Labute approximate surface area is 144 Å². The second kappa shape index (κ2) is 8.70. The van der Waals surface area contributed by atoms with E-state index in [4.69, 9.17) is 11.6 Å². The monoisotopic (exact) mass is 350 g/mol. The zero-order valence-electron chi connectivity index (χ0n) is 12.8. The van der Waals surface area contributed by atoms with Crippen LogP contribution < -0.4 is 10.6 Å². The lowest BCUT2D eigenvalue weighted by Gasteiger charge is -2.18. The fourth-order valence-electron chi connectivity index (χ4n) is 2.26. The number of carbonyl (C=O) groups excluding carboxylic acids is 2. The van der Waals surface area contributed by atoms with E-state index in [1.54, 1.807) is 29.5 Å². The summed E-state index contributed by atoms with van der Waals surface area (Å²) in [5.41, 5.74) is 0.820. The number of hydrogen-bond donors (Lipinski definition) is 2. The van der Waals surface area contributed by atoms with Crippen LogP contribution in [0.4, 0.5) is 0 Å². The number of rotatable bonds is 7. The summed E-state index contributed by atoms with van der Waals surface area (Å²) in [5.74, 6) is -0.276. The molecule has 1 heterocycles. The molecule has 23 heavy (non-hydrogen) atoms. The van der Waals surface area contributed by atoms with Crippen LogP contribution in [0.5, 0.6) is 0 Å². The van der Waals surface area contributed by atoms with Crippen molar-refractivity contribution in [3.8, 4) is 0 Å². The van der Waals surface area contributed by atoms with Crippen molar-refractivity contribution in [2.45, 2.75) is 25.8 Å². The summed E-state index contributed by atoms with van der Waals surface area (Å²) in [6.07, 6.45) is 0.996. The van der Waals surface area contributed by atoms with E-state index in [0.29, 0.717) is 11.6 Å². The van der Waals surface area contributed by atoms with Crippen LogP contribution in [0.1, 0.15) is 29.8 Å². The van der Waals surface area contributed by atoms with Crippen molar-refractivity contribution in [1.82, 2.24) is 10.6 Å². The molecule has 0 bridgehead atoms. The molecule has 0 spiro atoms. The van der Waals surface area contributed by atoms with E-state index in [0.717, 1.165) is 12.0 Å². The van der Waals surface area contributed by atoms with Crippen LogP contribution in [-0.4, -0.2) is 18.4 Å². The van der Waals surface area contributed by atoms with Crippen molar-refractivity contribution < 1.29 is 9.59 Å². The molecule has 2 rings (SSSR count). The van der Waals surface area contributed by atoms with Crippen molar-refractivity contribution >= 4 is 34.8 Å². The van der Waals surface area contributed by atoms with Gasteiger partial charge in [0.2, 0.25) is 11.8 Å². The van der Waals surface area contributed by atoms with Gasteiger partial charge in [0.1, 0.15) is 0 Å². The Bertz CT molecular complexity index is 658. The van der Waals surface area contributed by atoms with Gasteiger partial charge < -0.3 is 10.6 Å². The molecule has 6 heteroatoms. The van der Waals surface area contributed by atoms with Crippen molar-refractivity contribution in [3.63, 3.8) is 0 Å². The van der Waals surface area contributed by atoms with Crippen molar-refractivity contribution in [2.24, 2.45) is 0 Å². The number of carbonyl (C=O) groups is 2. The van der Waals surface area contributed by atoms with Crippen LogP contribution in [0.15, 0.2) is 41.8 Å². The van der Waals surface area contributed by atoms with Crippen LogP contribution in [0.2, 0.25) is 5.02 Å². The minimum Gasteiger partial charge on any atom is -0.356 e. The van der Waals surface area contributed by atoms with Gasteiger partial charge in [-0.1, -0.05) is 29.8 Å². The van der Waals surface area contributed by atoms with Crippen molar-refractivity contribution in [3.05, 3.63) is 57.2 Å². The van der Waals surface area contributed by atoms with E-state index >= 15 is 0 Å². The number of hydrogen-bond acceptors (Lipinski definition) is 3. The van der Waals surface area contributed by atoms with Gasteiger partial charge in [-0.2, -0.15) is 0 Å². The van der Waals surface area contributed by atoms with Gasteiger partial charge in [0, 0.05) is 23.4 Å². The van der Waals surface area contributed by atoms with Crippen LogP contribution in [0.3, 0.4) is 0 Å². The summed E-state index contributed by atoms with van der Waals surface area (Å²) in [4.78, 5) is 24.8. The molecule has 1 aromatic carbocycles. The van der Waals surface area contributed by atoms with Gasteiger partial charge in [0.15, 0.2) is 0 Å². The zero-order chi connectivity index (χ0) is 16.7. The average molecular weight is 351 g/mol. The van der Waals surface area contributed by atoms with Gasteiger partial charge >= 0.3 is 0 Å². The normalized spacial score (nSPS) is 11.7. The number of nitrogens with one attached hydrogen (secondary N) is 2. The molecule has 2 N–H and O–H groups in total. The largest absolute Gasteiger partial charge is 0.356 e. The fourth-order valence-corrected chi connectivity index (χ4v) is 3.17. The molecule has 4 nitrogen and oxygen atoms in total. The van der Waals surface area contributed by atoms with Crippen LogP contribution in [0, 0.1) is 0 Å². The Morgan fingerprint density at radius 3 is 2.74 bits per heavy atom. The first-order valence-corrected chi connectivity index (χ1v) is 8.62. The van der Waals surface area contributed by atoms with E-state index in [1.165, 1.54) is 11.8 Å². The van der Waals surface area contributed by atoms with Crippen molar-refractivity contribution in [1.29, 1.82) is 0 Å². The molecule has 0 fully saturated rings. The minimum atomic E-state index is -0.382. The highest BCUT2D eigenvalue weighted by Gasteiger charge is 2.17. The Morgan fingerprint density at radius 2 is 2.09 bits per heavy atom. The zero-order valence-corrected chi connectivity index (χ0v) is 14.4. The first-order chi connectivity index (χ1) is 11.0. The standard InChI is InChI=1S/C17H19ClN2O2S/c1-12(21)20-16(13-4-2-5-14(18)10-13)11-17(22)19-8-7-15-6-3-9-23-15/h2-6,9-10,16H,7-8,11H2,1H3,(H,19,22)(H,20,21). The number of halogens is 1. The summed E-state index contributed by atoms with van der Waals surface area (Å²) in [6, 6.07) is 10.8. The molecule has 0 saturated heterocycles. The van der Waals surface area contributed by atoms with Crippen LogP contribution in [-0.2, 0) is 16.0 Å². The van der Waals surface area contributed by atoms with Crippen LogP contribution in [0.25, 0.3) is 0 Å². The Balaban J connectivity index is 1.91. The predicted molar refractivity (Wildman–Crippen MR) is 93.7 cm³/mol. The van der Waals surface area contributed by atoms with Crippen LogP contribution >= 0.6 is 22.9 Å². The van der Waals surface area contributed by atoms with E-state index in [2.05, 4.69) is 10.6 Å². The highest BCUT2D eigenvalue weighted by Crippen LogP contribution is 2.20. The van der Waals surface area contributed by atoms with Gasteiger partial charge in [-0.3, -0.25) is 9.59 Å². The molecule has 1 aromatic heterocycles. The fraction of sp³-hybridized carbons (Fsp3) is 0.294. The molecule has 2 amide bonds. The summed E-state index contributed by atoms with van der Waals surface area (Å²) in [5, 5.41) is 8.29. The second-order valence-corrected chi connectivity index (χ2v) is 6.66.